The van der Waals surface area contributed by atoms with E-state index in [0.29, 0.717) is 11.5 Å². The van der Waals surface area contributed by atoms with Crippen molar-refractivity contribution in [3.8, 4) is 0 Å². The van der Waals surface area contributed by atoms with Crippen molar-refractivity contribution in [1.82, 2.24) is 10.5 Å². The number of aromatic nitrogens is 1. The normalized spacial score (nSPS) is 13.5. The summed E-state index contributed by atoms with van der Waals surface area (Å²) in [5, 5.41) is 15.6. The van der Waals surface area contributed by atoms with Crippen molar-refractivity contribution in [1.29, 1.82) is 0 Å². The fourth-order valence-electron chi connectivity index (χ4n) is 2.13. The highest BCUT2D eigenvalue weighted by Gasteiger charge is 2.38. The Hall–Kier alpha value is -2.70. The summed E-state index contributed by atoms with van der Waals surface area (Å²) in [5.74, 6) is -2.08. The molecule has 0 fully saturated rings. The number of hydrogen-bond donors (Lipinski definition) is 2. The number of nitrogens with zero attached hydrogens (tertiary/aromatic N) is 1. The van der Waals surface area contributed by atoms with E-state index >= 15 is 0 Å². The lowest BCUT2D eigenvalue weighted by atomic mass is 9.91. The van der Waals surface area contributed by atoms with E-state index in [1.54, 1.807) is 13.8 Å². The SMILES string of the molecule is Cc1noc(C)c1C(=O)NC(C)(C(=O)O)c1ccc(F)cc1. The number of benzene rings is 1. The van der Waals surface area contributed by atoms with Gasteiger partial charge in [-0.2, -0.15) is 0 Å². The van der Waals surface area contributed by atoms with Crippen molar-refractivity contribution in [2.24, 2.45) is 0 Å². The molecule has 0 bridgehead atoms. The van der Waals surface area contributed by atoms with Crippen LogP contribution in [-0.4, -0.2) is 22.1 Å². The van der Waals surface area contributed by atoms with Crippen LogP contribution in [0.1, 0.15) is 34.3 Å². The number of carbonyl (C=O) groups is 2. The van der Waals surface area contributed by atoms with Crippen LogP contribution in [0.4, 0.5) is 4.39 Å². The summed E-state index contributed by atoms with van der Waals surface area (Å²) in [6.07, 6.45) is 0. The van der Waals surface area contributed by atoms with Crippen molar-refractivity contribution < 1.29 is 23.6 Å². The number of aryl methyl sites for hydroxylation is 2. The highest BCUT2D eigenvalue weighted by molar-refractivity contribution is 5.99. The first-order valence-electron chi connectivity index (χ1n) is 6.50. The quantitative estimate of drug-likeness (QED) is 0.903. The standard InChI is InChI=1S/C15H15FN2O4/c1-8-12(9(2)22-18-8)13(19)17-15(3,14(20)21)10-4-6-11(16)7-5-10/h4-7H,1-3H3,(H,17,19)(H,20,21). The second kappa shape index (κ2) is 5.59. The van der Waals surface area contributed by atoms with Crippen molar-refractivity contribution in [2.75, 3.05) is 0 Å². The minimum Gasteiger partial charge on any atom is -0.479 e. The van der Waals surface area contributed by atoms with Crippen LogP contribution in [0.15, 0.2) is 28.8 Å². The predicted octanol–water partition coefficient (Wildman–Crippen LogP) is 2.16. The number of carboxylic acid groups (broad SMARTS) is 1. The lowest BCUT2D eigenvalue weighted by Gasteiger charge is -2.26. The number of aliphatic carboxylic acids is 1. The average Bonchev–Trinajstić information content (AvgIpc) is 2.78. The van der Waals surface area contributed by atoms with Gasteiger partial charge in [0, 0.05) is 0 Å². The zero-order chi connectivity index (χ0) is 16.5. The van der Waals surface area contributed by atoms with Crippen LogP contribution >= 0.6 is 0 Å². The van der Waals surface area contributed by atoms with Crippen molar-refractivity contribution in [2.45, 2.75) is 26.3 Å². The monoisotopic (exact) mass is 306 g/mol. The minimum atomic E-state index is -1.71. The Balaban J connectivity index is 2.39. The zero-order valence-corrected chi connectivity index (χ0v) is 12.3. The Labute approximate surface area is 125 Å². The molecule has 22 heavy (non-hydrogen) atoms. The number of hydrogen-bond acceptors (Lipinski definition) is 4. The lowest BCUT2D eigenvalue weighted by Crippen LogP contribution is -2.49. The van der Waals surface area contributed by atoms with Gasteiger partial charge in [-0.3, -0.25) is 4.79 Å². The molecule has 1 amide bonds. The third kappa shape index (κ3) is 2.69. The molecule has 0 spiro atoms. The van der Waals surface area contributed by atoms with Gasteiger partial charge in [0.2, 0.25) is 0 Å². The van der Waals surface area contributed by atoms with Crippen LogP contribution in [0, 0.1) is 19.7 Å². The molecule has 116 valence electrons. The minimum absolute atomic E-state index is 0.189. The predicted molar refractivity (Wildman–Crippen MR) is 74.8 cm³/mol. The molecule has 2 rings (SSSR count). The maximum Gasteiger partial charge on any atom is 0.333 e. The number of nitrogens with one attached hydrogen (secondary N) is 1. The first kappa shape index (κ1) is 15.7. The Morgan fingerprint density at radius 3 is 2.32 bits per heavy atom. The number of carbonyl (C=O) groups excluding carboxylic acids is 1. The molecule has 7 heteroatoms. The topological polar surface area (TPSA) is 92.4 Å². The Morgan fingerprint density at radius 2 is 1.86 bits per heavy atom. The van der Waals surface area contributed by atoms with Gasteiger partial charge in [-0.1, -0.05) is 17.3 Å². The highest BCUT2D eigenvalue weighted by Crippen LogP contribution is 2.23. The van der Waals surface area contributed by atoms with E-state index in [0.717, 1.165) is 12.1 Å². The van der Waals surface area contributed by atoms with E-state index in [2.05, 4.69) is 10.5 Å². The summed E-state index contributed by atoms with van der Waals surface area (Å²) in [5.41, 5.74) is -0.904. The Kier molecular flexibility index (Phi) is 3.99. The molecule has 0 aliphatic rings. The molecule has 2 N–H and O–H groups in total. The molecule has 1 unspecified atom stereocenters. The van der Waals surface area contributed by atoms with Crippen LogP contribution in [0.3, 0.4) is 0 Å². The first-order chi connectivity index (χ1) is 10.3. The third-order valence-electron chi connectivity index (χ3n) is 3.47. The van der Waals surface area contributed by atoms with Crippen LogP contribution in [0.25, 0.3) is 0 Å². The van der Waals surface area contributed by atoms with E-state index in [9.17, 15) is 19.1 Å². The van der Waals surface area contributed by atoms with Gasteiger partial charge in [-0.15, -0.1) is 0 Å². The molecule has 1 heterocycles. The van der Waals surface area contributed by atoms with Crippen LogP contribution < -0.4 is 5.32 Å². The molecule has 0 aliphatic carbocycles. The second-order valence-electron chi connectivity index (χ2n) is 5.09. The lowest BCUT2D eigenvalue weighted by molar-refractivity contribution is -0.144. The molecule has 1 aromatic carbocycles. The molecular weight excluding hydrogens is 291 g/mol. The van der Waals surface area contributed by atoms with Gasteiger partial charge in [0.15, 0.2) is 5.54 Å². The van der Waals surface area contributed by atoms with Gasteiger partial charge in [0.25, 0.3) is 5.91 Å². The Morgan fingerprint density at radius 1 is 1.27 bits per heavy atom. The third-order valence-corrected chi connectivity index (χ3v) is 3.47. The van der Waals surface area contributed by atoms with Gasteiger partial charge >= 0.3 is 5.97 Å². The fraction of sp³-hybridized carbons (Fsp3) is 0.267. The first-order valence-corrected chi connectivity index (χ1v) is 6.50. The fourth-order valence-corrected chi connectivity index (χ4v) is 2.13. The molecule has 1 atom stereocenters. The summed E-state index contributed by atoms with van der Waals surface area (Å²) >= 11 is 0. The van der Waals surface area contributed by atoms with Crippen LogP contribution in [0.2, 0.25) is 0 Å². The average molecular weight is 306 g/mol. The molecule has 1 aromatic heterocycles. The van der Waals surface area contributed by atoms with E-state index in [1.807, 2.05) is 0 Å². The summed E-state index contributed by atoms with van der Waals surface area (Å²) in [6.45, 7) is 4.48. The van der Waals surface area contributed by atoms with Gasteiger partial charge < -0.3 is 14.9 Å². The molecular formula is C15H15FN2O4. The number of amides is 1. The van der Waals surface area contributed by atoms with E-state index < -0.39 is 23.2 Å². The summed E-state index contributed by atoms with van der Waals surface area (Å²) < 4.78 is 17.9. The van der Waals surface area contributed by atoms with Crippen LogP contribution in [0.5, 0.6) is 0 Å². The summed E-state index contributed by atoms with van der Waals surface area (Å²) in [4.78, 5) is 24.0. The summed E-state index contributed by atoms with van der Waals surface area (Å²) in [6, 6.07) is 4.91. The maximum atomic E-state index is 13.0. The molecule has 6 nitrogen and oxygen atoms in total. The van der Waals surface area contributed by atoms with Crippen LogP contribution in [-0.2, 0) is 10.3 Å². The van der Waals surface area contributed by atoms with E-state index in [1.165, 1.54) is 19.1 Å². The molecule has 2 aromatic rings. The van der Waals surface area contributed by atoms with Gasteiger partial charge in [0.05, 0.1) is 5.69 Å². The Bertz CT molecular complexity index is 704. The number of carboxylic acids is 1. The zero-order valence-electron chi connectivity index (χ0n) is 12.3. The largest absolute Gasteiger partial charge is 0.479 e. The van der Waals surface area contributed by atoms with Crippen molar-refractivity contribution >= 4 is 11.9 Å². The van der Waals surface area contributed by atoms with Gasteiger partial charge in [0.1, 0.15) is 17.1 Å². The number of rotatable bonds is 4. The molecule has 0 aliphatic heterocycles. The summed E-state index contributed by atoms with van der Waals surface area (Å²) in [7, 11) is 0. The molecule has 0 saturated carbocycles. The number of halogens is 1. The van der Waals surface area contributed by atoms with Crippen molar-refractivity contribution in [3.63, 3.8) is 0 Å². The maximum absolute atomic E-state index is 13.0. The van der Waals surface area contributed by atoms with Crippen molar-refractivity contribution in [3.05, 3.63) is 52.7 Å². The smallest absolute Gasteiger partial charge is 0.333 e. The second-order valence-corrected chi connectivity index (χ2v) is 5.09. The highest BCUT2D eigenvalue weighted by atomic mass is 19.1. The van der Waals surface area contributed by atoms with E-state index in [4.69, 9.17) is 4.52 Å². The van der Waals surface area contributed by atoms with Gasteiger partial charge in [-0.05, 0) is 38.5 Å². The van der Waals surface area contributed by atoms with E-state index in [-0.39, 0.29) is 11.1 Å². The molecule has 0 saturated heterocycles. The van der Waals surface area contributed by atoms with Gasteiger partial charge in [-0.25, -0.2) is 9.18 Å². The molecule has 0 radical (unpaired) electrons.